The molecule has 1 aromatic heterocycles. The molecule has 0 atom stereocenters. The Hall–Kier alpha value is -0.900. The Morgan fingerprint density at radius 1 is 1.18 bits per heavy atom. The molecular formula is C12H10Cl2N2S. The fourth-order valence-electron chi connectivity index (χ4n) is 1.26. The molecule has 0 aliphatic heterocycles. The van der Waals surface area contributed by atoms with E-state index < -0.39 is 0 Å². The topological polar surface area (TPSA) is 38.9 Å². The lowest BCUT2D eigenvalue weighted by Crippen LogP contribution is -1.91. The van der Waals surface area contributed by atoms with Gasteiger partial charge in [-0.2, -0.15) is 0 Å². The van der Waals surface area contributed by atoms with E-state index in [-0.39, 0.29) is 0 Å². The van der Waals surface area contributed by atoms with Gasteiger partial charge in [0, 0.05) is 4.90 Å². The lowest BCUT2D eigenvalue weighted by Gasteiger charge is -2.05. The highest BCUT2D eigenvalue weighted by atomic mass is 35.5. The summed E-state index contributed by atoms with van der Waals surface area (Å²) in [7, 11) is 0. The lowest BCUT2D eigenvalue weighted by molar-refractivity contribution is 1.11. The Morgan fingerprint density at radius 2 is 1.94 bits per heavy atom. The van der Waals surface area contributed by atoms with Crippen LogP contribution in [0.25, 0.3) is 0 Å². The molecule has 0 saturated heterocycles. The van der Waals surface area contributed by atoms with Crippen molar-refractivity contribution in [2.75, 3.05) is 5.73 Å². The second-order valence-corrected chi connectivity index (χ2v) is 5.47. The lowest BCUT2D eigenvalue weighted by atomic mass is 10.3. The third-order valence-corrected chi connectivity index (χ3v) is 3.90. The van der Waals surface area contributed by atoms with Crippen molar-refractivity contribution in [1.82, 2.24) is 4.98 Å². The van der Waals surface area contributed by atoms with Crippen LogP contribution in [0.1, 0.15) is 5.56 Å². The van der Waals surface area contributed by atoms with Crippen molar-refractivity contribution in [2.24, 2.45) is 0 Å². The van der Waals surface area contributed by atoms with Gasteiger partial charge in [0.05, 0.1) is 21.9 Å². The highest BCUT2D eigenvalue weighted by molar-refractivity contribution is 7.99. The highest BCUT2D eigenvalue weighted by Crippen LogP contribution is 2.32. The first kappa shape index (κ1) is 12.6. The monoisotopic (exact) mass is 284 g/mol. The average molecular weight is 285 g/mol. The number of aryl methyl sites for hydroxylation is 1. The van der Waals surface area contributed by atoms with Crippen LogP contribution in [0.2, 0.25) is 10.0 Å². The van der Waals surface area contributed by atoms with Crippen molar-refractivity contribution >= 4 is 40.7 Å². The van der Waals surface area contributed by atoms with Gasteiger partial charge in [0.1, 0.15) is 5.03 Å². The normalized spacial score (nSPS) is 10.5. The second-order valence-electron chi connectivity index (χ2n) is 3.56. The van der Waals surface area contributed by atoms with Crippen molar-refractivity contribution < 1.29 is 0 Å². The molecule has 0 bridgehead atoms. The second kappa shape index (κ2) is 5.17. The van der Waals surface area contributed by atoms with Gasteiger partial charge in [0.2, 0.25) is 0 Å². The summed E-state index contributed by atoms with van der Waals surface area (Å²) in [6, 6.07) is 7.45. The summed E-state index contributed by atoms with van der Waals surface area (Å²) in [4.78, 5) is 5.24. The molecule has 5 heteroatoms. The summed E-state index contributed by atoms with van der Waals surface area (Å²) in [5, 5.41) is 1.98. The van der Waals surface area contributed by atoms with Gasteiger partial charge >= 0.3 is 0 Å². The van der Waals surface area contributed by atoms with Crippen LogP contribution in [0.4, 0.5) is 5.69 Å². The molecule has 1 heterocycles. The molecule has 0 aliphatic carbocycles. The van der Waals surface area contributed by atoms with Gasteiger partial charge in [-0.15, -0.1) is 0 Å². The minimum Gasteiger partial charge on any atom is -0.397 e. The largest absolute Gasteiger partial charge is 0.397 e. The smallest absolute Gasteiger partial charge is 0.101 e. The fraction of sp³-hybridized carbons (Fsp3) is 0.0833. The molecular weight excluding hydrogens is 275 g/mol. The van der Waals surface area contributed by atoms with E-state index in [0.29, 0.717) is 15.7 Å². The summed E-state index contributed by atoms with van der Waals surface area (Å²) in [5.74, 6) is 0. The summed E-state index contributed by atoms with van der Waals surface area (Å²) in [6.07, 6.45) is 1.66. The third-order valence-electron chi connectivity index (χ3n) is 2.24. The van der Waals surface area contributed by atoms with Crippen LogP contribution in [0, 0.1) is 6.92 Å². The van der Waals surface area contributed by atoms with Crippen molar-refractivity contribution in [3.05, 3.63) is 46.1 Å². The first-order valence-corrected chi connectivity index (χ1v) is 6.48. The number of pyridine rings is 1. The zero-order valence-electron chi connectivity index (χ0n) is 9.08. The van der Waals surface area contributed by atoms with E-state index in [0.717, 1.165) is 15.5 Å². The minimum absolute atomic E-state index is 0.545. The molecule has 1 aromatic carbocycles. The minimum atomic E-state index is 0.545. The third kappa shape index (κ3) is 3.06. The number of benzene rings is 1. The summed E-state index contributed by atoms with van der Waals surface area (Å²) >= 11 is 13.3. The Labute approximate surface area is 114 Å². The zero-order valence-corrected chi connectivity index (χ0v) is 11.4. The molecule has 2 N–H and O–H groups in total. The first-order valence-electron chi connectivity index (χ1n) is 4.91. The summed E-state index contributed by atoms with van der Waals surface area (Å²) in [6.45, 7) is 1.95. The van der Waals surface area contributed by atoms with Crippen LogP contribution < -0.4 is 5.73 Å². The maximum absolute atomic E-state index is 5.95. The van der Waals surface area contributed by atoms with E-state index in [2.05, 4.69) is 4.98 Å². The van der Waals surface area contributed by atoms with Crippen molar-refractivity contribution in [1.29, 1.82) is 0 Å². The number of nitrogens with zero attached hydrogens (tertiary/aromatic N) is 1. The van der Waals surface area contributed by atoms with Gasteiger partial charge in [0.15, 0.2) is 0 Å². The van der Waals surface area contributed by atoms with Gasteiger partial charge in [-0.3, -0.25) is 0 Å². The van der Waals surface area contributed by atoms with Gasteiger partial charge in [0.25, 0.3) is 0 Å². The number of hydrogen-bond donors (Lipinski definition) is 1. The summed E-state index contributed by atoms with van der Waals surface area (Å²) < 4.78 is 0. The van der Waals surface area contributed by atoms with Gasteiger partial charge in [-0.1, -0.05) is 35.0 Å². The Morgan fingerprint density at radius 3 is 2.59 bits per heavy atom. The molecule has 0 fully saturated rings. The number of halogens is 2. The number of nitrogens with two attached hydrogens (primary N) is 1. The number of hydrogen-bond acceptors (Lipinski definition) is 3. The van der Waals surface area contributed by atoms with Crippen molar-refractivity contribution in [3.8, 4) is 0 Å². The predicted molar refractivity (Wildman–Crippen MR) is 74.0 cm³/mol. The highest BCUT2D eigenvalue weighted by Gasteiger charge is 2.04. The quantitative estimate of drug-likeness (QED) is 0.887. The number of rotatable bonds is 2. The molecule has 0 aliphatic rings. The van der Waals surface area contributed by atoms with E-state index >= 15 is 0 Å². The van der Waals surface area contributed by atoms with Crippen molar-refractivity contribution in [2.45, 2.75) is 16.8 Å². The molecule has 17 heavy (non-hydrogen) atoms. The maximum atomic E-state index is 5.95. The van der Waals surface area contributed by atoms with Crippen molar-refractivity contribution in [3.63, 3.8) is 0 Å². The van der Waals surface area contributed by atoms with Gasteiger partial charge < -0.3 is 5.73 Å². The van der Waals surface area contributed by atoms with Gasteiger partial charge in [-0.05, 0) is 36.8 Å². The van der Waals surface area contributed by atoms with E-state index in [4.69, 9.17) is 28.9 Å². The number of nitrogen functional groups attached to an aromatic ring is 1. The molecule has 0 spiro atoms. The fourth-order valence-corrected chi connectivity index (χ4v) is 2.52. The molecule has 0 saturated carbocycles. The molecule has 2 nitrogen and oxygen atoms in total. The van der Waals surface area contributed by atoms with Crippen LogP contribution in [-0.2, 0) is 0 Å². The number of anilines is 1. The zero-order chi connectivity index (χ0) is 12.4. The Bertz CT molecular complexity index is 509. The summed E-state index contributed by atoms with van der Waals surface area (Å²) in [5.41, 5.74) is 7.43. The van der Waals surface area contributed by atoms with Gasteiger partial charge in [-0.25, -0.2) is 4.98 Å². The van der Waals surface area contributed by atoms with Crippen LogP contribution in [-0.4, -0.2) is 4.98 Å². The van der Waals surface area contributed by atoms with E-state index in [1.165, 1.54) is 11.8 Å². The molecule has 0 amide bonds. The van der Waals surface area contributed by atoms with E-state index in [1.807, 2.05) is 25.1 Å². The Kier molecular flexibility index (Phi) is 3.82. The molecule has 2 aromatic rings. The van der Waals surface area contributed by atoms with Crippen LogP contribution >= 0.6 is 35.0 Å². The Balaban J connectivity index is 2.25. The predicted octanol–water partition coefficient (Wildman–Crippen LogP) is 4.43. The van der Waals surface area contributed by atoms with Crippen LogP contribution in [0.3, 0.4) is 0 Å². The SMILES string of the molecule is Cc1cc(Sc2ccc(Cl)c(Cl)c2)ncc1N. The average Bonchev–Trinajstić information content (AvgIpc) is 2.29. The molecule has 0 radical (unpaired) electrons. The maximum Gasteiger partial charge on any atom is 0.101 e. The van der Waals surface area contributed by atoms with E-state index in [9.17, 15) is 0 Å². The molecule has 88 valence electrons. The number of aromatic nitrogens is 1. The first-order chi connectivity index (χ1) is 8.06. The molecule has 0 unspecified atom stereocenters. The molecule has 2 rings (SSSR count). The van der Waals surface area contributed by atoms with Crippen LogP contribution in [0.5, 0.6) is 0 Å². The van der Waals surface area contributed by atoms with Crippen LogP contribution in [0.15, 0.2) is 40.4 Å². The van der Waals surface area contributed by atoms with E-state index in [1.54, 1.807) is 12.3 Å². The standard InChI is InChI=1S/C12H10Cl2N2S/c1-7-4-12(16-6-11(7)15)17-8-2-3-9(13)10(14)5-8/h2-6H,15H2,1H3.